The van der Waals surface area contributed by atoms with Gasteiger partial charge in [-0.15, -0.1) is 0 Å². The van der Waals surface area contributed by atoms with E-state index in [-0.39, 0.29) is 52.3 Å². The molecule has 1 saturated heterocycles. The Balaban J connectivity index is 2.11. The van der Waals surface area contributed by atoms with Crippen molar-refractivity contribution < 1.29 is 9.50 Å². The predicted molar refractivity (Wildman–Crippen MR) is 118 cm³/mol. The van der Waals surface area contributed by atoms with Crippen molar-refractivity contribution in [2.45, 2.75) is 19.1 Å². The fraction of sp³-hybridized carbons (Fsp3) is 0.238. The number of nitrogens with zero attached hydrogens (tertiary/aromatic N) is 5. The van der Waals surface area contributed by atoms with Gasteiger partial charge in [-0.2, -0.15) is 5.26 Å². The number of hydrogen-bond donors (Lipinski definition) is 1. The third kappa shape index (κ3) is 3.77. The van der Waals surface area contributed by atoms with Gasteiger partial charge in [-0.05, 0) is 30.7 Å². The number of β-amino-alcohol motifs (C(OH)–C–C–N with tert-alkyl or cyclic N) is 1. The van der Waals surface area contributed by atoms with Crippen LogP contribution in [0, 0.1) is 17.1 Å². The number of anilines is 1. The van der Waals surface area contributed by atoms with Gasteiger partial charge in [-0.1, -0.05) is 29.3 Å². The normalized spacial score (nSPS) is 14.7. The van der Waals surface area contributed by atoms with Gasteiger partial charge in [-0.25, -0.2) is 13.8 Å². The molecular weight excluding hydrogens is 460 g/mol. The van der Waals surface area contributed by atoms with E-state index in [1.807, 2.05) is 6.07 Å². The molecule has 11 heteroatoms. The Kier molecular flexibility index (Phi) is 5.54. The summed E-state index contributed by atoms with van der Waals surface area (Å²) in [6, 6.07) is 7.07. The van der Waals surface area contributed by atoms with Crippen molar-refractivity contribution in [2.75, 3.05) is 18.0 Å². The van der Waals surface area contributed by atoms with E-state index < -0.39 is 22.7 Å². The zero-order valence-corrected chi connectivity index (χ0v) is 18.2. The minimum atomic E-state index is -1.03. The van der Waals surface area contributed by atoms with Crippen LogP contribution in [-0.4, -0.2) is 37.9 Å². The quantitative estimate of drug-likeness (QED) is 0.621. The maximum absolute atomic E-state index is 13.8. The molecule has 0 amide bonds. The molecule has 1 aromatic carbocycles. The van der Waals surface area contributed by atoms with Gasteiger partial charge in [0.25, 0.3) is 5.56 Å². The fourth-order valence-electron chi connectivity index (χ4n) is 3.76. The van der Waals surface area contributed by atoms with Crippen LogP contribution in [0.1, 0.15) is 6.92 Å². The highest BCUT2D eigenvalue weighted by Gasteiger charge is 2.40. The van der Waals surface area contributed by atoms with Crippen molar-refractivity contribution in [2.24, 2.45) is 0 Å². The average Bonchev–Trinajstić information content (AvgIpc) is 2.70. The smallest absolute Gasteiger partial charge is 0.338 e. The van der Waals surface area contributed by atoms with E-state index in [2.05, 4.69) is 4.98 Å². The number of rotatable bonds is 4. The number of hydrogen-bond acceptors (Lipinski definition) is 6. The molecule has 2 aromatic heterocycles. The average molecular weight is 476 g/mol. The van der Waals surface area contributed by atoms with Crippen molar-refractivity contribution in [3.8, 4) is 22.9 Å². The number of nitriles is 1. The van der Waals surface area contributed by atoms with Gasteiger partial charge in [0, 0.05) is 19.3 Å². The lowest BCUT2D eigenvalue weighted by Crippen LogP contribution is -2.62. The molecule has 0 radical (unpaired) electrons. The summed E-state index contributed by atoms with van der Waals surface area (Å²) >= 11 is 12.0. The van der Waals surface area contributed by atoms with E-state index >= 15 is 0 Å². The largest absolute Gasteiger partial charge is 0.386 e. The molecule has 32 heavy (non-hydrogen) atoms. The molecule has 4 rings (SSSR count). The zero-order chi connectivity index (χ0) is 23.2. The number of pyridine rings is 1. The number of halogens is 3. The Labute approximate surface area is 191 Å². The summed E-state index contributed by atoms with van der Waals surface area (Å²) in [5.74, 6) is -0.532. The molecule has 0 atom stereocenters. The van der Waals surface area contributed by atoms with Gasteiger partial charge in [-0.3, -0.25) is 14.3 Å². The minimum Gasteiger partial charge on any atom is -0.386 e. The molecule has 0 bridgehead atoms. The third-order valence-electron chi connectivity index (χ3n) is 5.07. The molecule has 0 unspecified atom stereocenters. The minimum absolute atomic E-state index is 0.0252. The van der Waals surface area contributed by atoms with Crippen molar-refractivity contribution in [3.63, 3.8) is 0 Å². The van der Waals surface area contributed by atoms with E-state index in [0.717, 1.165) is 15.2 Å². The van der Waals surface area contributed by atoms with Gasteiger partial charge in [0.1, 0.15) is 18.2 Å². The molecule has 1 fully saturated rings. The topological polar surface area (TPSA) is 104 Å². The van der Waals surface area contributed by atoms with Crippen LogP contribution in [-0.2, 0) is 6.54 Å². The molecule has 3 aromatic rings. The summed E-state index contributed by atoms with van der Waals surface area (Å²) in [5, 5.41) is 19.6. The summed E-state index contributed by atoms with van der Waals surface area (Å²) < 4.78 is 15.8. The van der Waals surface area contributed by atoms with E-state index in [9.17, 15) is 24.3 Å². The molecule has 0 spiro atoms. The lowest BCUT2D eigenvalue weighted by Gasteiger charge is -2.46. The highest BCUT2D eigenvalue weighted by molar-refractivity contribution is 6.31. The standard InChI is InChI=1S/C21H16Cl2FN5O3/c1-21(32)10-27(11-21)18-17(12-2-3-16(24)15(23)6-12)19(30)29(20(31)28(18)5-4-25)14-7-13(22)8-26-9-14/h2-3,6-9,32H,5,10-11H2,1H3. The van der Waals surface area contributed by atoms with Gasteiger partial charge in [0.2, 0.25) is 0 Å². The van der Waals surface area contributed by atoms with Gasteiger partial charge >= 0.3 is 5.69 Å². The SMILES string of the molecule is CC1(O)CN(c2c(-c3ccc(F)c(Cl)c3)c(=O)n(-c3cncc(Cl)c3)c(=O)n2CC#N)C1. The van der Waals surface area contributed by atoms with Crippen LogP contribution < -0.4 is 16.1 Å². The number of benzene rings is 1. The first-order valence-corrected chi connectivity index (χ1v) is 10.2. The molecular formula is C21H16Cl2FN5O3. The molecule has 0 saturated carbocycles. The van der Waals surface area contributed by atoms with E-state index in [1.54, 1.807) is 11.8 Å². The first kappa shape index (κ1) is 22.0. The molecule has 1 aliphatic rings. The summed E-state index contributed by atoms with van der Waals surface area (Å²) in [5.41, 5.74) is -2.15. The van der Waals surface area contributed by atoms with Crippen LogP contribution in [0.5, 0.6) is 0 Å². The second kappa shape index (κ2) is 8.06. The Bertz CT molecular complexity index is 1390. The predicted octanol–water partition coefficient (Wildman–Crippen LogP) is 2.60. The van der Waals surface area contributed by atoms with Gasteiger partial charge in [0.05, 0.1) is 39.2 Å². The molecule has 3 heterocycles. The van der Waals surface area contributed by atoms with Crippen LogP contribution >= 0.6 is 23.2 Å². The van der Waals surface area contributed by atoms with Crippen molar-refractivity contribution in [3.05, 3.63) is 73.4 Å². The second-order valence-corrected chi connectivity index (χ2v) is 8.55. The number of aliphatic hydroxyl groups is 1. The van der Waals surface area contributed by atoms with Crippen molar-refractivity contribution in [1.82, 2.24) is 14.1 Å². The summed E-state index contributed by atoms with van der Waals surface area (Å²) in [6.45, 7) is 1.50. The summed E-state index contributed by atoms with van der Waals surface area (Å²) in [4.78, 5) is 32.6. The highest BCUT2D eigenvalue weighted by Crippen LogP contribution is 2.35. The molecule has 164 valence electrons. The maximum Gasteiger partial charge on any atom is 0.338 e. The molecule has 8 nitrogen and oxygen atoms in total. The summed E-state index contributed by atoms with van der Waals surface area (Å²) in [6.07, 6.45) is 2.64. The Morgan fingerprint density at radius 3 is 2.56 bits per heavy atom. The Morgan fingerprint density at radius 1 is 1.25 bits per heavy atom. The third-order valence-corrected chi connectivity index (χ3v) is 5.56. The lowest BCUT2D eigenvalue weighted by atomic mass is 9.95. The summed E-state index contributed by atoms with van der Waals surface area (Å²) in [7, 11) is 0. The number of aromatic nitrogens is 3. The first-order chi connectivity index (χ1) is 15.1. The van der Waals surface area contributed by atoms with Crippen LogP contribution in [0.25, 0.3) is 16.8 Å². The van der Waals surface area contributed by atoms with Crippen LogP contribution in [0.15, 0.2) is 46.2 Å². The van der Waals surface area contributed by atoms with Crippen molar-refractivity contribution >= 4 is 29.0 Å². The molecule has 0 aliphatic carbocycles. The van der Waals surface area contributed by atoms with E-state index in [1.165, 1.54) is 30.6 Å². The van der Waals surface area contributed by atoms with Gasteiger partial charge < -0.3 is 10.0 Å². The van der Waals surface area contributed by atoms with Crippen LogP contribution in [0.2, 0.25) is 10.0 Å². The Morgan fingerprint density at radius 2 is 1.97 bits per heavy atom. The Hall–Kier alpha value is -3.19. The van der Waals surface area contributed by atoms with Crippen LogP contribution in [0.3, 0.4) is 0 Å². The van der Waals surface area contributed by atoms with Crippen molar-refractivity contribution in [1.29, 1.82) is 5.26 Å². The lowest BCUT2D eigenvalue weighted by molar-refractivity contribution is 0.0301. The highest BCUT2D eigenvalue weighted by atomic mass is 35.5. The van der Waals surface area contributed by atoms with E-state index in [0.29, 0.717) is 0 Å². The molecule has 1 aliphatic heterocycles. The first-order valence-electron chi connectivity index (χ1n) is 9.43. The molecule has 1 N–H and O–H groups in total. The monoisotopic (exact) mass is 475 g/mol. The maximum atomic E-state index is 13.8. The fourth-order valence-corrected chi connectivity index (χ4v) is 4.11. The zero-order valence-electron chi connectivity index (χ0n) is 16.7. The van der Waals surface area contributed by atoms with E-state index in [4.69, 9.17) is 23.2 Å². The second-order valence-electron chi connectivity index (χ2n) is 7.71. The van der Waals surface area contributed by atoms with Gasteiger partial charge in [0.15, 0.2) is 0 Å². The van der Waals surface area contributed by atoms with Crippen LogP contribution in [0.4, 0.5) is 10.2 Å².